The van der Waals surface area contributed by atoms with Crippen molar-refractivity contribution in [1.82, 2.24) is 0 Å². The van der Waals surface area contributed by atoms with Crippen LogP contribution in [0.3, 0.4) is 0 Å². The number of esters is 2. The summed E-state index contributed by atoms with van der Waals surface area (Å²) in [5.41, 5.74) is 0. The van der Waals surface area contributed by atoms with E-state index in [9.17, 15) is 9.59 Å². The first-order valence-corrected chi connectivity index (χ1v) is 8.02. The van der Waals surface area contributed by atoms with Crippen LogP contribution in [0.25, 0.3) is 0 Å². The van der Waals surface area contributed by atoms with E-state index in [0.717, 1.165) is 0 Å². The summed E-state index contributed by atoms with van der Waals surface area (Å²) < 4.78 is 9.67. The zero-order chi connectivity index (χ0) is 18.2. The van der Waals surface area contributed by atoms with E-state index in [0.29, 0.717) is 26.1 Å². The molecule has 0 saturated carbocycles. The lowest BCUT2D eigenvalue weighted by atomic mass is 10.1. The molecule has 0 N–H and O–H groups in total. The van der Waals surface area contributed by atoms with Crippen molar-refractivity contribution in [3.63, 3.8) is 0 Å². The van der Waals surface area contributed by atoms with Crippen LogP contribution < -0.4 is 0 Å². The molecule has 0 saturated heterocycles. The van der Waals surface area contributed by atoms with Crippen molar-refractivity contribution >= 4 is 11.9 Å². The fourth-order valence-corrected chi connectivity index (χ4v) is 1.84. The Bertz CT molecular complexity index is 449. The molecule has 0 aliphatic carbocycles. The quantitative estimate of drug-likeness (QED) is 0.398. The molecule has 132 valence electrons. The summed E-state index contributed by atoms with van der Waals surface area (Å²) in [6.07, 6.45) is 1.27. The van der Waals surface area contributed by atoms with Gasteiger partial charge in [0.2, 0.25) is 0 Å². The van der Waals surface area contributed by atoms with Crippen LogP contribution in [0.2, 0.25) is 0 Å². The fraction of sp³-hybridized carbons (Fsp3) is 0.750. The molecule has 0 aromatic rings. The molecule has 24 heavy (non-hydrogen) atoms. The van der Waals surface area contributed by atoms with E-state index in [1.165, 1.54) is 0 Å². The van der Waals surface area contributed by atoms with Crippen LogP contribution in [0.15, 0.2) is 10.2 Å². The van der Waals surface area contributed by atoms with Crippen molar-refractivity contribution < 1.29 is 19.1 Å². The van der Waals surface area contributed by atoms with Gasteiger partial charge in [-0.2, -0.15) is 20.8 Å². The van der Waals surface area contributed by atoms with Crippen LogP contribution in [-0.2, 0) is 19.1 Å². The summed E-state index contributed by atoms with van der Waals surface area (Å²) in [7, 11) is 0. The molecule has 0 rings (SSSR count). The third kappa shape index (κ3) is 11.1. The van der Waals surface area contributed by atoms with E-state index in [-0.39, 0.29) is 37.6 Å². The molecule has 0 amide bonds. The van der Waals surface area contributed by atoms with Gasteiger partial charge in [0.25, 0.3) is 0 Å². The van der Waals surface area contributed by atoms with E-state index in [4.69, 9.17) is 20.0 Å². The van der Waals surface area contributed by atoms with Crippen LogP contribution in [0.1, 0.15) is 52.4 Å². The van der Waals surface area contributed by atoms with Gasteiger partial charge in [-0.25, -0.2) is 0 Å². The van der Waals surface area contributed by atoms with Gasteiger partial charge in [-0.15, -0.1) is 0 Å². The number of hydrogen-bond acceptors (Lipinski definition) is 8. The predicted octanol–water partition coefficient (Wildman–Crippen LogP) is 2.69. The second-order valence-corrected chi connectivity index (χ2v) is 4.95. The zero-order valence-corrected chi connectivity index (χ0v) is 14.2. The Kier molecular flexibility index (Phi) is 12.7. The largest absolute Gasteiger partial charge is 0.466 e. The summed E-state index contributed by atoms with van der Waals surface area (Å²) in [6.45, 7) is 4.06. The summed E-state index contributed by atoms with van der Waals surface area (Å²) in [5, 5.41) is 25.8. The predicted molar refractivity (Wildman–Crippen MR) is 84.6 cm³/mol. The minimum Gasteiger partial charge on any atom is -0.466 e. The van der Waals surface area contributed by atoms with Gasteiger partial charge in [0.15, 0.2) is 0 Å². The zero-order valence-electron chi connectivity index (χ0n) is 14.2. The molecule has 0 spiro atoms. The van der Waals surface area contributed by atoms with Gasteiger partial charge in [-0.1, -0.05) is 0 Å². The van der Waals surface area contributed by atoms with Gasteiger partial charge in [0, 0.05) is 12.8 Å². The van der Waals surface area contributed by atoms with Crippen molar-refractivity contribution in [3.05, 3.63) is 0 Å². The summed E-state index contributed by atoms with van der Waals surface area (Å²) in [4.78, 5) is 22.7. The molecule has 0 fully saturated rings. The van der Waals surface area contributed by atoms with Crippen LogP contribution in [0.4, 0.5) is 0 Å². The van der Waals surface area contributed by atoms with Crippen molar-refractivity contribution in [1.29, 1.82) is 10.5 Å². The highest BCUT2D eigenvalue weighted by Gasteiger charge is 2.14. The molecule has 8 nitrogen and oxygen atoms in total. The first-order chi connectivity index (χ1) is 11.6. The maximum Gasteiger partial charge on any atom is 0.305 e. The third-order valence-corrected chi connectivity index (χ3v) is 3.02. The van der Waals surface area contributed by atoms with Crippen molar-refractivity contribution in [2.24, 2.45) is 10.2 Å². The molecule has 0 heterocycles. The average Bonchev–Trinajstić information content (AvgIpc) is 2.55. The molecular formula is C16H24N4O4. The summed E-state index contributed by atoms with van der Waals surface area (Å²) in [5.74, 6) is -0.682. The van der Waals surface area contributed by atoms with Crippen molar-refractivity contribution in [2.75, 3.05) is 13.2 Å². The van der Waals surface area contributed by atoms with E-state index < -0.39 is 12.1 Å². The second-order valence-electron chi connectivity index (χ2n) is 4.95. The van der Waals surface area contributed by atoms with E-state index in [1.54, 1.807) is 13.8 Å². The highest BCUT2D eigenvalue weighted by atomic mass is 16.5. The minimum absolute atomic E-state index is 0.125. The highest BCUT2D eigenvalue weighted by molar-refractivity contribution is 5.69. The third-order valence-electron chi connectivity index (χ3n) is 3.02. The lowest BCUT2D eigenvalue weighted by molar-refractivity contribution is -0.144. The van der Waals surface area contributed by atoms with Gasteiger partial charge in [-0.3, -0.25) is 9.59 Å². The molecular weight excluding hydrogens is 312 g/mol. The summed E-state index contributed by atoms with van der Waals surface area (Å²) >= 11 is 0. The second kappa shape index (κ2) is 14.1. The number of azo groups is 1. The molecule has 2 atom stereocenters. The van der Waals surface area contributed by atoms with Crippen LogP contribution >= 0.6 is 0 Å². The monoisotopic (exact) mass is 336 g/mol. The van der Waals surface area contributed by atoms with Gasteiger partial charge in [0.05, 0.1) is 50.3 Å². The molecule has 0 aliphatic heterocycles. The van der Waals surface area contributed by atoms with Gasteiger partial charge < -0.3 is 9.47 Å². The highest BCUT2D eigenvalue weighted by Crippen LogP contribution is 2.13. The SMILES string of the molecule is CCOC(=O)CCC(CC#N)N=NC(CC#N)CCC(=O)OCC. The van der Waals surface area contributed by atoms with Gasteiger partial charge in [-0.05, 0) is 26.7 Å². The van der Waals surface area contributed by atoms with Crippen LogP contribution in [0, 0.1) is 22.7 Å². The molecule has 0 aromatic carbocycles. The number of nitrogens with zero attached hydrogens (tertiary/aromatic N) is 4. The smallest absolute Gasteiger partial charge is 0.305 e. The number of carbonyl (C=O) groups is 2. The molecule has 8 heteroatoms. The number of hydrogen-bond donors (Lipinski definition) is 0. The Hall–Kier alpha value is -2.48. The molecule has 2 unspecified atom stereocenters. The average molecular weight is 336 g/mol. The topological polar surface area (TPSA) is 125 Å². The number of carbonyl (C=O) groups excluding carboxylic acids is 2. The van der Waals surface area contributed by atoms with E-state index in [1.807, 2.05) is 12.1 Å². The molecule has 0 radical (unpaired) electrons. The van der Waals surface area contributed by atoms with Crippen LogP contribution in [-0.4, -0.2) is 37.2 Å². The Morgan fingerprint density at radius 1 is 0.875 bits per heavy atom. The van der Waals surface area contributed by atoms with E-state index >= 15 is 0 Å². The first-order valence-electron chi connectivity index (χ1n) is 8.02. The van der Waals surface area contributed by atoms with E-state index in [2.05, 4.69) is 10.2 Å². The van der Waals surface area contributed by atoms with Crippen molar-refractivity contribution in [3.8, 4) is 12.1 Å². The minimum atomic E-state index is -0.428. The first kappa shape index (κ1) is 21.5. The Balaban J connectivity index is 4.56. The molecule has 0 aromatic heterocycles. The van der Waals surface area contributed by atoms with Gasteiger partial charge >= 0.3 is 11.9 Å². The maximum absolute atomic E-state index is 11.4. The molecule has 0 aliphatic rings. The summed E-state index contributed by atoms with van der Waals surface area (Å²) in [6, 6.07) is 3.15. The number of nitriles is 2. The maximum atomic E-state index is 11.4. The van der Waals surface area contributed by atoms with Gasteiger partial charge in [0.1, 0.15) is 0 Å². The molecule has 0 bridgehead atoms. The lowest BCUT2D eigenvalue weighted by Gasteiger charge is -2.10. The number of ether oxygens (including phenoxy) is 2. The fourth-order valence-electron chi connectivity index (χ4n) is 1.84. The van der Waals surface area contributed by atoms with Crippen molar-refractivity contribution in [2.45, 2.75) is 64.5 Å². The Morgan fingerprint density at radius 2 is 1.25 bits per heavy atom. The number of rotatable bonds is 12. The normalized spacial score (nSPS) is 12.8. The standard InChI is InChI=1S/C16H24N4O4/c1-3-23-15(21)7-5-13(9-11-17)19-20-14(10-12-18)6-8-16(22)24-4-2/h13-14H,3-10H2,1-2H3. The Labute approximate surface area is 142 Å². The van der Waals surface area contributed by atoms with Crippen LogP contribution in [0.5, 0.6) is 0 Å². The Morgan fingerprint density at radius 3 is 1.54 bits per heavy atom. The lowest BCUT2D eigenvalue weighted by Crippen LogP contribution is -2.12.